The van der Waals surface area contributed by atoms with Gasteiger partial charge in [0.2, 0.25) is 0 Å². The number of aromatic nitrogens is 2. The van der Waals surface area contributed by atoms with Crippen LogP contribution in [0, 0.1) is 11.8 Å². The predicted molar refractivity (Wildman–Crippen MR) is 255 cm³/mol. The number of ether oxygens (including phenoxy) is 2. The van der Waals surface area contributed by atoms with Gasteiger partial charge in [-0.05, 0) is 124 Å². The van der Waals surface area contributed by atoms with Crippen molar-refractivity contribution < 1.29 is 44.2 Å². The molecule has 1 fully saturated rings. The van der Waals surface area contributed by atoms with Crippen LogP contribution in [0.4, 0.5) is 11.6 Å². The maximum Gasteiger partial charge on any atom is 0.337 e. The van der Waals surface area contributed by atoms with Gasteiger partial charge >= 0.3 is 5.97 Å². The third-order valence-corrected chi connectivity index (χ3v) is 16.6. The van der Waals surface area contributed by atoms with Crippen LogP contribution in [0.5, 0.6) is 17.2 Å². The van der Waals surface area contributed by atoms with E-state index in [4.69, 9.17) is 29.6 Å². The largest absolute Gasteiger partial charge is 0.508 e. The molecule has 0 amide bonds. The summed E-state index contributed by atoms with van der Waals surface area (Å²) >= 11 is 0. The molecule has 3 aliphatic heterocycles. The van der Waals surface area contributed by atoms with E-state index in [1.807, 2.05) is 25.3 Å². The molecular formula is C54H58N4O10. The number of aryl methyl sites for hydroxylation is 1. The topological polar surface area (TPSA) is 231 Å². The van der Waals surface area contributed by atoms with Crippen LogP contribution < -0.4 is 21.2 Å². The number of hydrogen-bond donors (Lipinski definition) is 7. The van der Waals surface area contributed by atoms with E-state index in [2.05, 4.69) is 24.4 Å². The SMILES string of the molecule is C/C=C(\C(=O)O[C@@H]1Cc2c3c(c4oc(CO)cc(=O)c4c2O)[C@@H]2c4ccnc(N)c4[C@H](CCc4ccc(O)cc4[C@H]2CO)[C@H]2CCc4c(cnc5c4C=C[C@@H](C)N5)C[C@@H]2[C@]1(C)O3)C1(O)CCCC1. The molecule has 5 aromatic rings. The predicted octanol–water partition coefficient (Wildman–Crippen LogP) is 7.13. The molecule has 14 heteroatoms. The van der Waals surface area contributed by atoms with E-state index in [0.717, 1.165) is 52.5 Å². The molecule has 3 aromatic heterocycles. The normalized spacial score (nSPS) is 27.7. The van der Waals surface area contributed by atoms with E-state index in [1.54, 1.807) is 31.3 Å². The number of phenolic OH excluding ortho intramolecular Hbond substituents is 2. The highest BCUT2D eigenvalue weighted by Gasteiger charge is 2.57. The molecule has 0 unspecified atom stereocenters. The first-order chi connectivity index (χ1) is 32.8. The number of esters is 1. The van der Waals surface area contributed by atoms with Gasteiger partial charge in [-0.15, -0.1) is 0 Å². The molecule has 0 spiro atoms. The number of allylic oxidation sites excluding steroid dienone is 1. The second-order valence-electron chi connectivity index (χ2n) is 20.2. The van der Waals surface area contributed by atoms with Crippen molar-refractivity contribution in [1.29, 1.82) is 0 Å². The number of fused-ring (bicyclic) bond motifs is 11. The van der Waals surface area contributed by atoms with Crippen molar-refractivity contribution >= 4 is 34.7 Å². The Hall–Kier alpha value is -6.22. The highest BCUT2D eigenvalue weighted by Crippen LogP contribution is 2.60. The minimum atomic E-state index is -1.39. The summed E-state index contributed by atoms with van der Waals surface area (Å²) in [5, 5.41) is 61.3. The zero-order valence-corrected chi connectivity index (χ0v) is 38.5. The van der Waals surface area contributed by atoms with Crippen molar-refractivity contribution in [2.75, 3.05) is 17.7 Å². The molecule has 0 radical (unpaired) electrons. The third kappa shape index (κ3) is 6.76. The number of hydrogen-bond acceptors (Lipinski definition) is 14. The number of phenols is 2. The first-order valence-corrected chi connectivity index (χ1v) is 24.1. The number of carbonyl (C=O) groups is 1. The van der Waals surface area contributed by atoms with Gasteiger partial charge in [-0.1, -0.05) is 37.1 Å². The van der Waals surface area contributed by atoms with Crippen molar-refractivity contribution in [3.63, 3.8) is 0 Å². The molecule has 3 aliphatic carbocycles. The number of nitrogens with zero attached hydrogens (tertiary/aromatic N) is 2. The van der Waals surface area contributed by atoms with Crippen LogP contribution in [0.25, 0.3) is 17.0 Å². The van der Waals surface area contributed by atoms with E-state index >= 15 is 0 Å². The van der Waals surface area contributed by atoms with Gasteiger partial charge in [0.15, 0.2) is 5.43 Å². The zero-order valence-electron chi connectivity index (χ0n) is 38.5. The maximum absolute atomic E-state index is 14.8. The second-order valence-corrected chi connectivity index (χ2v) is 20.2. The van der Waals surface area contributed by atoms with Gasteiger partial charge in [0, 0.05) is 70.9 Å². The van der Waals surface area contributed by atoms with Gasteiger partial charge < -0.3 is 50.5 Å². The molecule has 6 heterocycles. The van der Waals surface area contributed by atoms with E-state index in [0.29, 0.717) is 67.5 Å². The van der Waals surface area contributed by atoms with Crippen molar-refractivity contribution in [1.82, 2.24) is 9.97 Å². The first kappa shape index (κ1) is 44.3. The highest BCUT2D eigenvalue weighted by molar-refractivity contribution is 5.93. The molecule has 8 atom stereocenters. The van der Waals surface area contributed by atoms with Crippen molar-refractivity contribution in [2.24, 2.45) is 11.8 Å². The molecular weight excluding hydrogens is 865 g/mol. The minimum Gasteiger partial charge on any atom is -0.508 e. The minimum absolute atomic E-state index is 0.00920. The Balaban J connectivity index is 1.25. The number of anilines is 2. The lowest BCUT2D eigenvalue weighted by molar-refractivity contribution is -0.170. The molecule has 2 aromatic carbocycles. The number of aliphatic hydroxyl groups is 3. The second kappa shape index (κ2) is 16.5. The molecule has 8 N–H and O–H groups in total. The summed E-state index contributed by atoms with van der Waals surface area (Å²) in [6, 6.07) is 8.37. The number of benzene rings is 2. The van der Waals surface area contributed by atoms with Crippen LogP contribution in [-0.2, 0) is 41.8 Å². The highest BCUT2D eigenvalue weighted by atomic mass is 16.6. The quantitative estimate of drug-likeness (QED) is 0.0688. The molecule has 4 bridgehead atoms. The maximum atomic E-state index is 14.8. The Morgan fingerprint density at radius 2 is 1.82 bits per heavy atom. The zero-order chi connectivity index (χ0) is 47.4. The summed E-state index contributed by atoms with van der Waals surface area (Å²) in [5.74, 6) is -2.53. The van der Waals surface area contributed by atoms with E-state index < -0.39 is 65.4 Å². The first-order valence-electron chi connectivity index (χ1n) is 24.1. The lowest BCUT2D eigenvalue weighted by atomic mass is 9.62. The van der Waals surface area contributed by atoms with Crippen LogP contribution in [0.3, 0.4) is 0 Å². The summed E-state index contributed by atoms with van der Waals surface area (Å²) in [7, 11) is 0. The van der Waals surface area contributed by atoms with Gasteiger partial charge in [0.25, 0.3) is 0 Å². The standard InChI is InChI=1S/C54H58N4O10/c1-4-39(54(65)16-5-6-17-54)52(64)67-42-22-37-47(63)45-41(62)21-30(24-59)66-49(45)46-43-35-15-18-56-50(55)44(35)33(12-9-27-8-10-29(61)20-36(27)38(43)25-60)32-14-13-31-28(19-40(32)53(42,3)68-48(37)46)23-57-51-34(31)11-7-26(2)58-51/h4,7-8,10-11,15,18,20-21,23,26,32-33,38,40,42-43,59-61,63,65H,5-6,9,12-14,16-17,19,22,24-25H2,1-3H3,(H2,55,56)(H,57,58)/b39-4+/t26-,32-,33-,38-,40+,42-,43-,53+/m1/s1. The van der Waals surface area contributed by atoms with Crippen LogP contribution in [0.2, 0.25) is 0 Å². The summed E-state index contributed by atoms with van der Waals surface area (Å²) < 4.78 is 21.0. The fourth-order valence-electron chi connectivity index (χ4n) is 13.4. The lowest BCUT2D eigenvalue weighted by Gasteiger charge is -2.51. The molecule has 14 nitrogen and oxygen atoms in total. The summed E-state index contributed by atoms with van der Waals surface area (Å²) in [4.78, 5) is 39.0. The number of aliphatic hydroxyl groups excluding tert-OH is 2. The Labute approximate surface area is 393 Å². The van der Waals surface area contributed by atoms with Crippen LogP contribution in [0.15, 0.2) is 69.7 Å². The summed E-state index contributed by atoms with van der Waals surface area (Å²) in [5.41, 5.74) is 10.8. The van der Waals surface area contributed by atoms with Crippen molar-refractivity contribution in [3.05, 3.63) is 127 Å². The molecule has 1 saturated carbocycles. The number of nitrogens with one attached hydrogen (secondary N) is 1. The Kier molecular flexibility index (Phi) is 10.7. The molecule has 0 saturated heterocycles. The number of pyridine rings is 2. The smallest absolute Gasteiger partial charge is 0.337 e. The third-order valence-electron chi connectivity index (χ3n) is 16.6. The number of nitrogens with two attached hydrogens (primary N) is 1. The average Bonchev–Trinajstić information content (AvgIpc) is 3.68. The molecule has 68 heavy (non-hydrogen) atoms. The Morgan fingerprint density at radius 3 is 2.59 bits per heavy atom. The Bertz CT molecular complexity index is 3030. The van der Waals surface area contributed by atoms with Crippen LogP contribution in [0.1, 0.15) is 133 Å². The van der Waals surface area contributed by atoms with Gasteiger partial charge in [0.05, 0.1) is 17.8 Å². The molecule has 354 valence electrons. The van der Waals surface area contributed by atoms with Gasteiger partial charge in [-0.25, -0.2) is 14.8 Å². The Morgan fingerprint density at radius 1 is 1.01 bits per heavy atom. The number of aromatic hydroxyl groups is 2. The lowest BCUT2D eigenvalue weighted by Crippen LogP contribution is -2.59. The van der Waals surface area contributed by atoms with Crippen molar-refractivity contribution in [2.45, 2.75) is 133 Å². The summed E-state index contributed by atoms with van der Waals surface area (Å²) in [6.07, 6.45) is 13.6. The number of rotatable bonds is 5. The van der Waals surface area contributed by atoms with E-state index in [-0.39, 0.29) is 63.7 Å². The van der Waals surface area contributed by atoms with Gasteiger partial charge in [-0.3, -0.25) is 4.79 Å². The average molecular weight is 923 g/mol. The fourth-order valence-corrected chi connectivity index (χ4v) is 13.4. The van der Waals surface area contributed by atoms with Crippen LogP contribution >= 0.6 is 0 Å². The van der Waals surface area contributed by atoms with E-state index in [1.165, 1.54) is 0 Å². The van der Waals surface area contributed by atoms with Crippen molar-refractivity contribution in [3.8, 4) is 17.2 Å². The molecule has 11 rings (SSSR count). The van der Waals surface area contributed by atoms with E-state index in [9.17, 15) is 35.1 Å². The number of carbonyl (C=O) groups excluding carboxylic acids is 1. The molecule has 6 aliphatic rings. The van der Waals surface area contributed by atoms with Gasteiger partial charge in [-0.2, -0.15) is 0 Å². The van der Waals surface area contributed by atoms with Gasteiger partial charge in [0.1, 0.15) is 63.9 Å². The summed E-state index contributed by atoms with van der Waals surface area (Å²) in [6.45, 7) is 4.72. The number of nitrogen functional groups attached to an aromatic ring is 1. The monoisotopic (exact) mass is 922 g/mol. The van der Waals surface area contributed by atoms with Crippen LogP contribution in [-0.4, -0.2) is 71.4 Å². The fraction of sp³-hybridized carbons (Fsp3) is 0.444.